The minimum atomic E-state index is -0.408. The molecule has 0 aliphatic carbocycles. The molecule has 0 fully saturated rings. The Bertz CT molecular complexity index is 731. The van der Waals surface area contributed by atoms with Gasteiger partial charge in [0.25, 0.3) is 0 Å². The summed E-state index contributed by atoms with van der Waals surface area (Å²) in [6.45, 7) is 2.19. The van der Waals surface area contributed by atoms with Gasteiger partial charge in [-0.05, 0) is 54.7 Å². The maximum Gasteiger partial charge on any atom is 0.220 e. The molecular weight excluding hydrogens is 362 g/mol. The molecule has 2 aromatic rings. The predicted molar refractivity (Wildman–Crippen MR) is 104 cm³/mol. The highest BCUT2D eigenvalue weighted by molar-refractivity contribution is 5.79. The van der Waals surface area contributed by atoms with Gasteiger partial charge >= 0.3 is 0 Å². The van der Waals surface area contributed by atoms with Crippen LogP contribution < -0.4 is 11.1 Å². The topological polar surface area (TPSA) is 72.2 Å². The third kappa shape index (κ3) is 6.76. The molecule has 2 rings (SSSR count). The lowest BCUT2D eigenvalue weighted by atomic mass is 9.87. The Morgan fingerprint density at radius 3 is 1.89 bits per heavy atom. The van der Waals surface area contributed by atoms with Crippen LogP contribution in [0.2, 0.25) is 0 Å². The van der Waals surface area contributed by atoms with Crippen LogP contribution in [0, 0.1) is 17.6 Å². The van der Waals surface area contributed by atoms with Gasteiger partial charge < -0.3 is 11.1 Å². The number of nitrogens with two attached hydrogens (primary N) is 1. The van der Waals surface area contributed by atoms with E-state index >= 15 is 0 Å². The monoisotopic (exact) mass is 388 g/mol. The Kier molecular flexibility index (Phi) is 8.11. The van der Waals surface area contributed by atoms with Gasteiger partial charge in [-0.1, -0.05) is 31.2 Å². The Morgan fingerprint density at radius 2 is 1.43 bits per heavy atom. The average molecular weight is 388 g/mol. The fourth-order valence-electron chi connectivity index (χ4n) is 3.03. The predicted octanol–water partition coefficient (Wildman–Crippen LogP) is 3.89. The van der Waals surface area contributed by atoms with Crippen molar-refractivity contribution in [2.75, 3.05) is 6.54 Å². The highest BCUT2D eigenvalue weighted by atomic mass is 19.1. The lowest BCUT2D eigenvalue weighted by molar-refractivity contribution is -0.123. The van der Waals surface area contributed by atoms with Crippen molar-refractivity contribution < 1.29 is 18.4 Å². The number of hydrogen-bond donors (Lipinski definition) is 2. The van der Waals surface area contributed by atoms with Crippen molar-refractivity contribution in [2.24, 2.45) is 11.7 Å². The maximum absolute atomic E-state index is 13.3. The first kappa shape index (κ1) is 21.5. The fraction of sp³-hybridized carbons (Fsp3) is 0.364. The summed E-state index contributed by atoms with van der Waals surface area (Å²) in [5.41, 5.74) is 7.07. The smallest absolute Gasteiger partial charge is 0.220 e. The van der Waals surface area contributed by atoms with Crippen molar-refractivity contribution in [2.45, 2.75) is 38.5 Å². The number of halogens is 2. The van der Waals surface area contributed by atoms with Crippen molar-refractivity contribution in [3.63, 3.8) is 0 Å². The quantitative estimate of drug-likeness (QED) is 0.606. The van der Waals surface area contributed by atoms with E-state index in [1.54, 1.807) is 31.2 Å². The number of carbonyl (C=O) groups is 2. The molecule has 2 amide bonds. The summed E-state index contributed by atoms with van der Waals surface area (Å²) in [5, 5.41) is 2.84. The molecule has 2 aromatic carbocycles. The second-order valence-corrected chi connectivity index (χ2v) is 6.99. The molecular formula is C22H26F2N2O2. The van der Waals surface area contributed by atoms with E-state index in [4.69, 9.17) is 5.73 Å². The van der Waals surface area contributed by atoms with E-state index in [0.717, 1.165) is 17.5 Å². The summed E-state index contributed by atoms with van der Waals surface area (Å²) in [6.07, 6.45) is 2.10. The average Bonchev–Trinajstić information content (AvgIpc) is 2.68. The summed E-state index contributed by atoms with van der Waals surface area (Å²) >= 11 is 0. The van der Waals surface area contributed by atoms with Crippen molar-refractivity contribution in [1.82, 2.24) is 5.32 Å². The van der Waals surface area contributed by atoms with Crippen LogP contribution in [0.15, 0.2) is 48.5 Å². The van der Waals surface area contributed by atoms with Crippen LogP contribution >= 0.6 is 0 Å². The van der Waals surface area contributed by atoms with Crippen LogP contribution in [0.4, 0.5) is 8.78 Å². The van der Waals surface area contributed by atoms with Crippen LogP contribution in [0.5, 0.6) is 0 Å². The first-order valence-electron chi connectivity index (χ1n) is 9.43. The molecule has 0 aliphatic rings. The van der Waals surface area contributed by atoms with E-state index < -0.39 is 5.91 Å². The van der Waals surface area contributed by atoms with E-state index in [0.29, 0.717) is 19.4 Å². The number of rotatable bonds is 10. The van der Waals surface area contributed by atoms with Crippen LogP contribution in [-0.2, 0) is 9.59 Å². The van der Waals surface area contributed by atoms with E-state index in [2.05, 4.69) is 5.32 Å². The Morgan fingerprint density at radius 1 is 0.929 bits per heavy atom. The van der Waals surface area contributed by atoms with Gasteiger partial charge in [0, 0.05) is 24.8 Å². The zero-order valence-corrected chi connectivity index (χ0v) is 16.0. The Hall–Kier alpha value is -2.76. The molecule has 3 N–H and O–H groups in total. The third-order valence-electron chi connectivity index (χ3n) is 4.83. The zero-order chi connectivity index (χ0) is 20.5. The number of nitrogens with one attached hydrogen (secondary N) is 1. The van der Waals surface area contributed by atoms with Gasteiger partial charge in [-0.2, -0.15) is 0 Å². The summed E-state index contributed by atoms with van der Waals surface area (Å²) in [4.78, 5) is 22.9. The van der Waals surface area contributed by atoms with Crippen LogP contribution in [0.25, 0.3) is 0 Å². The van der Waals surface area contributed by atoms with Crippen molar-refractivity contribution in [1.29, 1.82) is 0 Å². The molecule has 0 bridgehead atoms. The van der Waals surface area contributed by atoms with Crippen molar-refractivity contribution in [3.8, 4) is 0 Å². The lowest BCUT2D eigenvalue weighted by Crippen LogP contribution is -2.27. The van der Waals surface area contributed by atoms with Gasteiger partial charge in [0.15, 0.2) is 0 Å². The van der Waals surface area contributed by atoms with Crippen molar-refractivity contribution in [3.05, 3.63) is 71.3 Å². The van der Waals surface area contributed by atoms with Gasteiger partial charge in [0.2, 0.25) is 11.8 Å². The molecule has 28 heavy (non-hydrogen) atoms. The van der Waals surface area contributed by atoms with Gasteiger partial charge in [-0.15, -0.1) is 0 Å². The third-order valence-corrected chi connectivity index (χ3v) is 4.83. The minimum Gasteiger partial charge on any atom is -0.369 e. The molecule has 0 saturated carbocycles. The molecule has 0 aliphatic heterocycles. The first-order valence-corrected chi connectivity index (χ1v) is 9.43. The van der Waals surface area contributed by atoms with Crippen LogP contribution in [-0.4, -0.2) is 18.4 Å². The first-order chi connectivity index (χ1) is 13.4. The molecule has 0 radical (unpaired) electrons. The van der Waals surface area contributed by atoms with E-state index in [1.165, 1.54) is 24.3 Å². The number of amides is 2. The van der Waals surface area contributed by atoms with Crippen LogP contribution in [0.3, 0.4) is 0 Å². The Labute approximate surface area is 164 Å². The molecule has 0 saturated heterocycles. The fourth-order valence-corrected chi connectivity index (χ4v) is 3.03. The standard InChI is InChI=1S/C22H26F2N2O2/c1-15(22(25)28)4-13-21(27)26-14-2-3-20(16-5-9-18(23)10-6-16)17-7-11-19(24)12-8-17/h5-12,15,20H,2-4,13-14H2,1H3,(H2,25,28)(H,26,27). The molecule has 6 heteroatoms. The summed E-state index contributed by atoms with van der Waals surface area (Å²) < 4.78 is 26.5. The molecule has 1 unspecified atom stereocenters. The Balaban J connectivity index is 1.90. The maximum atomic E-state index is 13.3. The van der Waals surface area contributed by atoms with Gasteiger partial charge in [-0.3, -0.25) is 9.59 Å². The van der Waals surface area contributed by atoms with Gasteiger partial charge in [-0.25, -0.2) is 8.78 Å². The number of hydrogen-bond acceptors (Lipinski definition) is 2. The molecule has 4 nitrogen and oxygen atoms in total. The largest absolute Gasteiger partial charge is 0.369 e. The zero-order valence-electron chi connectivity index (χ0n) is 16.0. The summed E-state index contributed by atoms with van der Waals surface area (Å²) in [5.74, 6) is -1.49. The number of carbonyl (C=O) groups excluding carboxylic acids is 2. The number of benzene rings is 2. The molecule has 0 spiro atoms. The van der Waals surface area contributed by atoms with Crippen LogP contribution in [0.1, 0.15) is 49.7 Å². The highest BCUT2D eigenvalue weighted by Crippen LogP contribution is 2.29. The summed E-state index contributed by atoms with van der Waals surface area (Å²) in [6, 6.07) is 12.6. The van der Waals surface area contributed by atoms with Gasteiger partial charge in [0.1, 0.15) is 11.6 Å². The molecule has 1 atom stereocenters. The van der Waals surface area contributed by atoms with E-state index in [-0.39, 0.29) is 35.8 Å². The molecule has 150 valence electrons. The minimum absolute atomic E-state index is 0.0204. The van der Waals surface area contributed by atoms with Gasteiger partial charge in [0.05, 0.1) is 0 Å². The normalized spacial score (nSPS) is 12.0. The van der Waals surface area contributed by atoms with Crippen molar-refractivity contribution >= 4 is 11.8 Å². The van der Waals surface area contributed by atoms with E-state index in [1.807, 2.05) is 0 Å². The summed E-state index contributed by atoms with van der Waals surface area (Å²) in [7, 11) is 0. The van der Waals surface area contributed by atoms with E-state index in [9.17, 15) is 18.4 Å². The molecule has 0 aromatic heterocycles. The number of primary amides is 1. The second-order valence-electron chi connectivity index (χ2n) is 6.99. The SMILES string of the molecule is CC(CCC(=O)NCCCC(c1ccc(F)cc1)c1ccc(F)cc1)C(N)=O. The highest BCUT2D eigenvalue weighted by Gasteiger charge is 2.15. The lowest BCUT2D eigenvalue weighted by Gasteiger charge is -2.18. The molecule has 0 heterocycles. The second kappa shape index (κ2) is 10.5.